The number of ether oxygens (including phenoxy) is 1. The molecular weight excluding hydrogens is 430 g/mol. The third-order valence-corrected chi connectivity index (χ3v) is 4.81. The van der Waals surface area contributed by atoms with E-state index in [2.05, 4.69) is 47.7 Å². The molecule has 0 atom stereocenters. The highest BCUT2D eigenvalue weighted by atomic mass is 79.9. The molecule has 1 aromatic rings. The number of halogens is 2. The molecule has 1 aliphatic carbocycles. The number of hydrogen-bond donors (Lipinski definition) is 2. The number of methoxy groups -OCH3 is 1. The summed E-state index contributed by atoms with van der Waals surface area (Å²) in [6.07, 6.45) is 7.92. The van der Waals surface area contributed by atoms with Crippen molar-refractivity contribution in [2.24, 2.45) is 5.10 Å². The lowest BCUT2D eigenvalue weighted by atomic mass is 9.96. The molecule has 120 valence electrons. The highest BCUT2D eigenvalue weighted by molar-refractivity contribution is 9.11. The Morgan fingerprint density at radius 1 is 1.32 bits per heavy atom. The minimum Gasteiger partial charge on any atom is -0.495 e. The first-order valence-corrected chi connectivity index (χ1v) is 9.22. The van der Waals surface area contributed by atoms with Gasteiger partial charge in [-0.15, -0.1) is 0 Å². The Kier molecular flexibility index (Phi) is 7.11. The van der Waals surface area contributed by atoms with E-state index in [0.29, 0.717) is 11.2 Å². The molecule has 7 heteroatoms. The molecule has 1 aromatic carbocycles. The minimum atomic E-state index is 0.471. The van der Waals surface area contributed by atoms with E-state index in [4.69, 9.17) is 17.0 Å². The van der Waals surface area contributed by atoms with Crippen LogP contribution in [-0.4, -0.2) is 24.5 Å². The third-order valence-electron chi connectivity index (χ3n) is 3.55. The summed E-state index contributed by atoms with van der Waals surface area (Å²) in [6, 6.07) is 4.34. The van der Waals surface area contributed by atoms with Crippen LogP contribution in [0.25, 0.3) is 0 Å². The van der Waals surface area contributed by atoms with Crippen LogP contribution in [0.15, 0.2) is 26.2 Å². The summed E-state index contributed by atoms with van der Waals surface area (Å²) in [7, 11) is 1.63. The SMILES string of the molecule is COc1c(Br)cc(Br)cc1/C=N\NC(=S)NC1CCCCC1. The number of hydrogen-bond acceptors (Lipinski definition) is 3. The van der Waals surface area contributed by atoms with Crippen molar-refractivity contribution in [3.05, 3.63) is 26.6 Å². The summed E-state index contributed by atoms with van der Waals surface area (Å²) in [4.78, 5) is 0. The normalized spacial score (nSPS) is 15.8. The predicted octanol–water partition coefficient (Wildman–Crippen LogP) is 4.35. The van der Waals surface area contributed by atoms with Gasteiger partial charge >= 0.3 is 0 Å². The molecule has 22 heavy (non-hydrogen) atoms. The van der Waals surface area contributed by atoms with Crippen molar-refractivity contribution in [2.45, 2.75) is 38.1 Å². The van der Waals surface area contributed by atoms with E-state index in [1.165, 1.54) is 32.1 Å². The number of nitrogens with one attached hydrogen (secondary N) is 2. The summed E-state index contributed by atoms with van der Waals surface area (Å²) >= 11 is 12.2. The minimum absolute atomic E-state index is 0.471. The van der Waals surface area contributed by atoms with E-state index >= 15 is 0 Å². The summed E-state index contributed by atoms with van der Waals surface area (Å²) in [5.74, 6) is 0.736. The van der Waals surface area contributed by atoms with Gasteiger partial charge in [0.15, 0.2) is 5.11 Å². The zero-order valence-electron chi connectivity index (χ0n) is 12.4. The quantitative estimate of drug-likeness (QED) is 0.408. The van der Waals surface area contributed by atoms with Crippen molar-refractivity contribution in [2.75, 3.05) is 7.11 Å². The second kappa shape index (κ2) is 8.84. The molecule has 0 aliphatic heterocycles. The van der Waals surface area contributed by atoms with Gasteiger partial charge in [0.25, 0.3) is 0 Å². The molecule has 2 N–H and O–H groups in total. The van der Waals surface area contributed by atoms with Gasteiger partial charge in [-0.3, -0.25) is 5.43 Å². The van der Waals surface area contributed by atoms with Crippen LogP contribution in [0.2, 0.25) is 0 Å². The fourth-order valence-electron chi connectivity index (χ4n) is 2.52. The second-order valence-electron chi connectivity index (χ2n) is 5.19. The van der Waals surface area contributed by atoms with Crippen molar-refractivity contribution >= 4 is 55.4 Å². The standard InChI is InChI=1S/C15H19Br2N3OS/c1-21-14-10(7-11(16)8-13(14)17)9-18-20-15(22)19-12-5-3-2-4-6-12/h7-9,12H,2-6H2,1H3,(H2,19,20,22)/b18-9-. The van der Waals surface area contributed by atoms with Gasteiger partial charge in [-0.25, -0.2) is 0 Å². The van der Waals surface area contributed by atoms with Crippen molar-refractivity contribution in [1.29, 1.82) is 0 Å². The van der Waals surface area contributed by atoms with E-state index in [1.54, 1.807) is 13.3 Å². The zero-order valence-corrected chi connectivity index (χ0v) is 16.4. The molecule has 4 nitrogen and oxygen atoms in total. The average molecular weight is 449 g/mol. The number of nitrogens with zero attached hydrogens (tertiary/aromatic N) is 1. The largest absolute Gasteiger partial charge is 0.495 e. The molecule has 0 amide bonds. The van der Waals surface area contributed by atoms with Gasteiger partial charge in [-0.05, 0) is 53.1 Å². The van der Waals surface area contributed by atoms with E-state index < -0.39 is 0 Å². The Morgan fingerprint density at radius 3 is 2.73 bits per heavy atom. The first-order chi connectivity index (χ1) is 10.6. The van der Waals surface area contributed by atoms with E-state index in [-0.39, 0.29) is 0 Å². The molecule has 0 saturated heterocycles. The molecule has 1 saturated carbocycles. The molecule has 0 radical (unpaired) electrons. The Bertz CT molecular complexity index is 560. The highest BCUT2D eigenvalue weighted by Crippen LogP contribution is 2.31. The topological polar surface area (TPSA) is 45.6 Å². The van der Waals surface area contributed by atoms with Crippen LogP contribution in [0.3, 0.4) is 0 Å². The van der Waals surface area contributed by atoms with Gasteiger partial charge < -0.3 is 10.1 Å². The smallest absolute Gasteiger partial charge is 0.187 e. The van der Waals surface area contributed by atoms with Gasteiger partial charge in [-0.2, -0.15) is 5.10 Å². The molecule has 0 unspecified atom stereocenters. The van der Waals surface area contributed by atoms with Gasteiger partial charge in [0.1, 0.15) is 5.75 Å². The molecule has 1 aliphatic rings. The summed E-state index contributed by atoms with van der Waals surface area (Å²) in [6.45, 7) is 0. The van der Waals surface area contributed by atoms with Gasteiger partial charge in [0, 0.05) is 16.1 Å². The lowest BCUT2D eigenvalue weighted by molar-refractivity contribution is 0.411. The van der Waals surface area contributed by atoms with Crippen molar-refractivity contribution in [1.82, 2.24) is 10.7 Å². The van der Waals surface area contributed by atoms with Crippen LogP contribution >= 0.6 is 44.1 Å². The summed E-state index contributed by atoms with van der Waals surface area (Å²) in [5, 5.41) is 8.08. The van der Waals surface area contributed by atoms with Crippen LogP contribution < -0.4 is 15.5 Å². The average Bonchev–Trinajstić information content (AvgIpc) is 2.48. The maximum absolute atomic E-state index is 5.37. The maximum atomic E-state index is 5.37. The maximum Gasteiger partial charge on any atom is 0.187 e. The molecule has 0 aromatic heterocycles. The second-order valence-corrected chi connectivity index (χ2v) is 7.37. The van der Waals surface area contributed by atoms with Gasteiger partial charge in [0.05, 0.1) is 17.8 Å². The van der Waals surface area contributed by atoms with Gasteiger partial charge in [0.2, 0.25) is 0 Å². The number of thiocarbonyl (C=S) groups is 1. The molecule has 1 fully saturated rings. The van der Waals surface area contributed by atoms with Crippen LogP contribution in [0.4, 0.5) is 0 Å². The molecule has 0 bridgehead atoms. The van der Waals surface area contributed by atoms with Crippen molar-refractivity contribution in [3.8, 4) is 5.75 Å². The summed E-state index contributed by atoms with van der Waals surface area (Å²) in [5.41, 5.74) is 3.73. The monoisotopic (exact) mass is 447 g/mol. The fourth-order valence-corrected chi connectivity index (χ4v) is 4.16. The highest BCUT2D eigenvalue weighted by Gasteiger charge is 2.13. The van der Waals surface area contributed by atoms with Crippen molar-refractivity contribution in [3.63, 3.8) is 0 Å². The zero-order chi connectivity index (χ0) is 15.9. The Morgan fingerprint density at radius 2 is 2.05 bits per heavy atom. The molecule has 0 spiro atoms. The van der Waals surface area contributed by atoms with E-state index in [0.717, 1.165) is 20.3 Å². The lowest BCUT2D eigenvalue weighted by Crippen LogP contribution is -2.40. The van der Waals surface area contributed by atoms with Crippen LogP contribution in [0.5, 0.6) is 5.75 Å². The Balaban J connectivity index is 1.93. The molecule has 0 heterocycles. The first-order valence-electron chi connectivity index (χ1n) is 7.22. The Labute approximate surface area is 153 Å². The van der Waals surface area contributed by atoms with E-state index in [9.17, 15) is 0 Å². The molecular formula is C15H19Br2N3OS. The number of benzene rings is 1. The van der Waals surface area contributed by atoms with Crippen LogP contribution in [0, 0.1) is 0 Å². The van der Waals surface area contributed by atoms with Crippen LogP contribution in [0.1, 0.15) is 37.7 Å². The van der Waals surface area contributed by atoms with Crippen LogP contribution in [-0.2, 0) is 0 Å². The summed E-state index contributed by atoms with van der Waals surface area (Å²) < 4.78 is 7.19. The molecule has 2 rings (SSSR count). The number of rotatable bonds is 4. The fraction of sp³-hybridized carbons (Fsp3) is 0.467. The first kappa shape index (κ1) is 17.7. The predicted molar refractivity (Wildman–Crippen MR) is 102 cm³/mol. The number of hydrazone groups is 1. The Hall–Kier alpha value is -0.660. The van der Waals surface area contributed by atoms with Gasteiger partial charge in [-0.1, -0.05) is 35.2 Å². The van der Waals surface area contributed by atoms with Crippen molar-refractivity contribution < 1.29 is 4.74 Å². The van der Waals surface area contributed by atoms with E-state index in [1.807, 2.05) is 12.1 Å². The third kappa shape index (κ3) is 5.21. The lowest BCUT2D eigenvalue weighted by Gasteiger charge is -2.23.